The second-order valence-corrected chi connectivity index (χ2v) is 6.03. The number of likely N-dealkylation sites (N-methyl/N-ethyl adjacent to an activating group) is 1. The molecule has 0 radical (unpaired) electrons. The Kier molecular flexibility index (Phi) is 3.69. The van der Waals surface area contributed by atoms with E-state index in [0.29, 0.717) is 6.10 Å². The zero-order valence-corrected chi connectivity index (χ0v) is 11.0. The lowest BCUT2D eigenvalue weighted by atomic mass is 9.89. The Morgan fingerprint density at radius 2 is 2.18 bits per heavy atom. The molecule has 2 bridgehead atoms. The standard InChI is InChI=1S/C14H26N2O/c1-2-16(10-13-4-3-7-17-13)9-11-8-12-5-6-14(11)15-12/h11-15H,2-10H2,1H3. The quantitative estimate of drug-likeness (QED) is 0.788. The van der Waals surface area contributed by atoms with Crippen molar-refractivity contribution in [3.05, 3.63) is 0 Å². The summed E-state index contributed by atoms with van der Waals surface area (Å²) >= 11 is 0. The van der Waals surface area contributed by atoms with E-state index in [1.54, 1.807) is 0 Å². The fraction of sp³-hybridized carbons (Fsp3) is 1.00. The Labute approximate surface area is 105 Å². The minimum atomic E-state index is 0.515. The molecule has 0 aromatic carbocycles. The molecule has 3 fully saturated rings. The van der Waals surface area contributed by atoms with Crippen LogP contribution in [0.15, 0.2) is 0 Å². The highest BCUT2D eigenvalue weighted by Crippen LogP contribution is 2.33. The minimum Gasteiger partial charge on any atom is -0.377 e. The third kappa shape index (κ3) is 2.67. The molecule has 0 amide bonds. The summed E-state index contributed by atoms with van der Waals surface area (Å²) in [5, 5.41) is 3.74. The van der Waals surface area contributed by atoms with E-state index in [9.17, 15) is 0 Å². The zero-order chi connectivity index (χ0) is 11.7. The highest BCUT2D eigenvalue weighted by atomic mass is 16.5. The maximum Gasteiger partial charge on any atom is 0.0702 e. The van der Waals surface area contributed by atoms with E-state index in [1.165, 1.54) is 45.2 Å². The van der Waals surface area contributed by atoms with Crippen LogP contribution in [0.5, 0.6) is 0 Å². The lowest BCUT2D eigenvalue weighted by molar-refractivity contribution is 0.0678. The first-order valence-electron chi connectivity index (χ1n) is 7.45. The van der Waals surface area contributed by atoms with Gasteiger partial charge in [-0.05, 0) is 44.6 Å². The number of nitrogens with zero attached hydrogens (tertiary/aromatic N) is 1. The first-order chi connectivity index (χ1) is 8.35. The van der Waals surface area contributed by atoms with Crippen LogP contribution in [0.2, 0.25) is 0 Å². The molecule has 0 aromatic rings. The van der Waals surface area contributed by atoms with Crippen LogP contribution in [-0.4, -0.2) is 49.3 Å². The molecule has 3 nitrogen and oxygen atoms in total. The summed E-state index contributed by atoms with van der Waals surface area (Å²) in [5.74, 6) is 0.898. The van der Waals surface area contributed by atoms with E-state index in [2.05, 4.69) is 17.1 Å². The van der Waals surface area contributed by atoms with Gasteiger partial charge in [-0.1, -0.05) is 6.92 Å². The van der Waals surface area contributed by atoms with Crippen LogP contribution in [0.3, 0.4) is 0 Å². The van der Waals surface area contributed by atoms with Gasteiger partial charge in [0.25, 0.3) is 0 Å². The van der Waals surface area contributed by atoms with Crippen molar-refractivity contribution in [3.63, 3.8) is 0 Å². The van der Waals surface area contributed by atoms with Crippen LogP contribution in [0.4, 0.5) is 0 Å². The summed E-state index contributed by atoms with van der Waals surface area (Å²) in [6, 6.07) is 1.66. The molecule has 3 saturated heterocycles. The van der Waals surface area contributed by atoms with Crippen LogP contribution in [0, 0.1) is 5.92 Å². The van der Waals surface area contributed by atoms with E-state index in [1.807, 2.05) is 0 Å². The molecule has 3 heteroatoms. The molecule has 3 aliphatic rings. The first-order valence-corrected chi connectivity index (χ1v) is 7.45. The molecule has 17 heavy (non-hydrogen) atoms. The third-order valence-electron chi connectivity index (χ3n) is 4.86. The molecule has 0 aromatic heterocycles. The van der Waals surface area contributed by atoms with Gasteiger partial charge in [0.15, 0.2) is 0 Å². The summed E-state index contributed by atoms with van der Waals surface area (Å²) in [7, 11) is 0. The third-order valence-corrected chi connectivity index (χ3v) is 4.86. The molecule has 3 heterocycles. The predicted molar refractivity (Wildman–Crippen MR) is 69.1 cm³/mol. The average molecular weight is 238 g/mol. The smallest absolute Gasteiger partial charge is 0.0702 e. The number of fused-ring (bicyclic) bond motifs is 2. The average Bonchev–Trinajstić information content (AvgIpc) is 3.04. The Balaban J connectivity index is 1.48. The van der Waals surface area contributed by atoms with E-state index >= 15 is 0 Å². The number of ether oxygens (including phenoxy) is 1. The van der Waals surface area contributed by atoms with Crippen molar-refractivity contribution in [2.24, 2.45) is 5.92 Å². The van der Waals surface area contributed by atoms with Gasteiger partial charge in [-0.25, -0.2) is 0 Å². The molecule has 0 spiro atoms. The molecule has 0 saturated carbocycles. The van der Waals surface area contributed by atoms with Crippen molar-refractivity contribution in [3.8, 4) is 0 Å². The van der Waals surface area contributed by atoms with Gasteiger partial charge in [0.1, 0.15) is 0 Å². The predicted octanol–water partition coefficient (Wildman–Crippen LogP) is 1.63. The summed E-state index contributed by atoms with van der Waals surface area (Å²) in [6.07, 6.45) is 7.28. The summed E-state index contributed by atoms with van der Waals surface area (Å²) in [5.41, 5.74) is 0. The number of hydrogen-bond acceptors (Lipinski definition) is 3. The maximum absolute atomic E-state index is 5.75. The van der Waals surface area contributed by atoms with Crippen LogP contribution in [0.25, 0.3) is 0 Å². The highest BCUT2D eigenvalue weighted by Gasteiger charge is 2.39. The van der Waals surface area contributed by atoms with E-state index < -0.39 is 0 Å². The maximum atomic E-state index is 5.75. The first kappa shape index (κ1) is 11.9. The molecule has 0 aliphatic carbocycles. The lowest BCUT2D eigenvalue weighted by Gasteiger charge is -2.29. The van der Waals surface area contributed by atoms with E-state index in [-0.39, 0.29) is 0 Å². The monoisotopic (exact) mass is 238 g/mol. The van der Waals surface area contributed by atoms with Gasteiger partial charge in [0, 0.05) is 31.8 Å². The second kappa shape index (κ2) is 5.25. The molecule has 1 N–H and O–H groups in total. The second-order valence-electron chi connectivity index (χ2n) is 6.03. The lowest BCUT2D eigenvalue weighted by Crippen LogP contribution is -2.39. The van der Waals surface area contributed by atoms with Gasteiger partial charge in [-0.3, -0.25) is 0 Å². The van der Waals surface area contributed by atoms with Crippen molar-refractivity contribution < 1.29 is 4.74 Å². The number of hydrogen-bond donors (Lipinski definition) is 1. The van der Waals surface area contributed by atoms with Crippen molar-refractivity contribution in [1.29, 1.82) is 0 Å². The zero-order valence-electron chi connectivity index (χ0n) is 11.0. The van der Waals surface area contributed by atoms with E-state index in [4.69, 9.17) is 4.74 Å². The topological polar surface area (TPSA) is 24.5 Å². The Hall–Kier alpha value is -0.120. The van der Waals surface area contributed by atoms with Gasteiger partial charge < -0.3 is 15.0 Å². The number of nitrogens with one attached hydrogen (secondary N) is 1. The number of rotatable bonds is 5. The normalized spacial score (nSPS) is 40.6. The Morgan fingerprint density at radius 1 is 1.24 bits per heavy atom. The van der Waals surface area contributed by atoms with Crippen molar-refractivity contribution in [1.82, 2.24) is 10.2 Å². The Morgan fingerprint density at radius 3 is 2.76 bits per heavy atom. The molecular formula is C14H26N2O. The van der Waals surface area contributed by atoms with Gasteiger partial charge in [-0.15, -0.1) is 0 Å². The van der Waals surface area contributed by atoms with Crippen molar-refractivity contribution in [2.75, 3.05) is 26.2 Å². The largest absolute Gasteiger partial charge is 0.377 e. The molecule has 4 unspecified atom stereocenters. The van der Waals surface area contributed by atoms with Crippen molar-refractivity contribution >= 4 is 0 Å². The highest BCUT2D eigenvalue weighted by molar-refractivity contribution is 4.98. The molecular weight excluding hydrogens is 212 g/mol. The van der Waals surface area contributed by atoms with Crippen LogP contribution in [-0.2, 0) is 4.74 Å². The molecule has 3 rings (SSSR count). The minimum absolute atomic E-state index is 0.515. The molecule has 4 atom stereocenters. The summed E-state index contributed by atoms with van der Waals surface area (Å²) in [6.45, 7) is 6.89. The Bertz CT molecular complexity index is 253. The molecule has 3 aliphatic heterocycles. The van der Waals surface area contributed by atoms with Crippen LogP contribution < -0.4 is 5.32 Å². The van der Waals surface area contributed by atoms with Gasteiger partial charge in [0.2, 0.25) is 0 Å². The van der Waals surface area contributed by atoms with Crippen LogP contribution >= 0.6 is 0 Å². The van der Waals surface area contributed by atoms with Gasteiger partial charge in [0.05, 0.1) is 6.10 Å². The van der Waals surface area contributed by atoms with Gasteiger partial charge in [-0.2, -0.15) is 0 Å². The van der Waals surface area contributed by atoms with Crippen molar-refractivity contribution in [2.45, 2.75) is 57.2 Å². The van der Waals surface area contributed by atoms with Gasteiger partial charge >= 0.3 is 0 Å². The summed E-state index contributed by atoms with van der Waals surface area (Å²) in [4.78, 5) is 2.61. The fourth-order valence-corrected chi connectivity index (χ4v) is 3.88. The van der Waals surface area contributed by atoms with E-state index in [0.717, 1.165) is 31.2 Å². The van der Waals surface area contributed by atoms with Crippen LogP contribution in [0.1, 0.15) is 39.0 Å². The SMILES string of the molecule is CCN(CC1CCCO1)CC1CC2CCC1N2. The fourth-order valence-electron chi connectivity index (χ4n) is 3.88. The summed E-state index contributed by atoms with van der Waals surface area (Å²) < 4.78 is 5.75. The molecule has 98 valence electrons.